The Morgan fingerprint density at radius 1 is 1.11 bits per heavy atom. The molecule has 0 bridgehead atoms. The van der Waals surface area contributed by atoms with Gasteiger partial charge in [0.05, 0.1) is 11.3 Å². The van der Waals surface area contributed by atoms with Crippen LogP contribution in [-0.4, -0.2) is 34.0 Å². The largest absolute Gasteiger partial charge is 0.489 e. The average Bonchev–Trinajstić information content (AvgIpc) is 3.06. The van der Waals surface area contributed by atoms with Crippen LogP contribution in [-0.2, 0) is 13.0 Å². The van der Waals surface area contributed by atoms with Crippen molar-refractivity contribution in [1.82, 2.24) is 15.0 Å². The van der Waals surface area contributed by atoms with Crippen LogP contribution >= 0.6 is 0 Å². The molecule has 0 spiro atoms. The van der Waals surface area contributed by atoms with E-state index in [1.54, 1.807) is 0 Å². The second kappa shape index (κ2) is 10.3. The zero-order valence-electron chi connectivity index (χ0n) is 20.4. The van der Waals surface area contributed by atoms with Gasteiger partial charge >= 0.3 is 0 Å². The number of hydrogen-bond acceptors (Lipinski definition) is 5. The lowest BCUT2D eigenvalue weighted by Crippen LogP contribution is -2.32. The van der Waals surface area contributed by atoms with Crippen molar-refractivity contribution in [3.8, 4) is 5.75 Å². The number of benzene rings is 2. The van der Waals surface area contributed by atoms with Crippen LogP contribution in [0, 0.1) is 19.8 Å². The molecule has 0 N–H and O–H groups in total. The number of hydrogen-bond donors (Lipinski definition) is 0. The maximum Gasteiger partial charge on any atom is 0.253 e. The molecule has 35 heavy (non-hydrogen) atoms. The topological polar surface area (TPSA) is 68.5 Å². The van der Waals surface area contributed by atoms with E-state index in [-0.39, 0.29) is 5.91 Å². The Hall–Kier alpha value is -3.67. The number of carbonyl (C=O) groups is 1. The molecule has 1 aliphatic heterocycles. The van der Waals surface area contributed by atoms with E-state index >= 15 is 0 Å². The van der Waals surface area contributed by atoms with Crippen molar-refractivity contribution in [2.45, 2.75) is 46.1 Å². The van der Waals surface area contributed by atoms with Gasteiger partial charge < -0.3 is 14.2 Å². The predicted molar refractivity (Wildman–Crippen MR) is 135 cm³/mol. The number of fused-ring (bicyclic) bond motifs is 1. The summed E-state index contributed by atoms with van der Waals surface area (Å²) < 4.78 is 11.2. The van der Waals surface area contributed by atoms with E-state index in [0.29, 0.717) is 23.8 Å². The Kier molecular flexibility index (Phi) is 6.80. The third-order valence-corrected chi connectivity index (χ3v) is 7.06. The number of amides is 1. The van der Waals surface area contributed by atoms with E-state index in [0.717, 1.165) is 55.8 Å². The standard InChI is InChI=1S/C29H31N3O3/c1-20-28(21(2)35-31-20)19-34-26-10-4-8-24(17-26)29(33)32-14-5-6-22(12-15-32)16-23-7-3-9-25-18-30-13-11-27(23)25/h3-4,7-11,13,17-18,22H,5-6,12,14-16,19H2,1-2H3/t22-/m1/s1. The molecule has 2 aromatic heterocycles. The van der Waals surface area contributed by atoms with Crippen LogP contribution in [0.2, 0.25) is 0 Å². The highest BCUT2D eigenvalue weighted by atomic mass is 16.5. The van der Waals surface area contributed by atoms with Crippen LogP contribution in [0.4, 0.5) is 0 Å². The molecule has 1 amide bonds. The van der Waals surface area contributed by atoms with Crippen molar-refractivity contribution in [2.24, 2.45) is 5.92 Å². The van der Waals surface area contributed by atoms with Crippen LogP contribution in [0.3, 0.4) is 0 Å². The maximum atomic E-state index is 13.3. The van der Waals surface area contributed by atoms with E-state index in [1.807, 2.05) is 55.4 Å². The summed E-state index contributed by atoms with van der Waals surface area (Å²) in [6.45, 7) is 5.72. The van der Waals surface area contributed by atoms with Gasteiger partial charge in [0.25, 0.3) is 5.91 Å². The summed E-state index contributed by atoms with van der Waals surface area (Å²) in [6.07, 6.45) is 7.99. The summed E-state index contributed by atoms with van der Waals surface area (Å²) in [5, 5.41) is 6.45. The third kappa shape index (κ3) is 5.21. The maximum absolute atomic E-state index is 13.3. The fraction of sp³-hybridized carbons (Fsp3) is 0.345. The highest BCUT2D eigenvalue weighted by Crippen LogP contribution is 2.27. The second-order valence-corrected chi connectivity index (χ2v) is 9.43. The van der Waals surface area contributed by atoms with Gasteiger partial charge in [0.2, 0.25) is 0 Å². The molecule has 6 heteroatoms. The highest BCUT2D eigenvalue weighted by Gasteiger charge is 2.22. The molecule has 0 saturated carbocycles. The molecule has 2 aromatic carbocycles. The Morgan fingerprint density at radius 3 is 2.86 bits per heavy atom. The predicted octanol–water partition coefficient (Wildman–Crippen LogP) is 5.90. The number of aromatic nitrogens is 2. The van der Waals surface area contributed by atoms with Crippen molar-refractivity contribution >= 4 is 16.7 Å². The summed E-state index contributed by atoms with van der Waals surface area (Å²) in [5.74, 6) is 2.07. The Bertz CT molecular complexity index is 1310. The molecule has 4 aromatic rings. The Morgan fingerprint density at radius 2 is 2.00 bits per heavy atom. The lowest BCUT2D eigenvalue weighted by molar-refractivity contribution is 0.0759. The summed E-state index contributed by atoms with van der Waals surface area (Å²) in [5.41, 5.74) is 3.82. The van der Waals surface area contributed by atoms with Gasteiger partial charge in [0.15, 0.2) is 0 Å². The van der Waals surface area contributed by atoms with Crippen molar-refractivity contribution in [2.75, 3.05) is 13.1 Å². The van der Waals surface area contributed by atoms with E-state index in [9.17, 15) is 4.79 Å². The minimum Gasteiger partial charge on any atom is -0.489 e. The first-order chi connectivity index (χ1) is 17.1. The number of likely N-dealkylation sites (tertiary alicyclic amines) is 1. The molecule has 3 heterocycles. The van der Waals surface area contributed by atoms with E-state index in [4.69, 9.17) is 9.26 Å². The van der Waals surface area contributed by atoms with Gasteiger partial charge in [-0.25, -0.2) is 0 Å². The molecular formula is C29H31N3O3. The normalized spacial score (nSPS) is 16.3. The zero-order valence-corrected chi connectivity index (χ0v) is 20.4. The highest BCUT2D eigenvalue weighted by molar-refractivity contribution is 5.94. The summed E-state index contributed by atoms with van der Waals surface area (Å²) in [7, 11) is 0. The van der Waals surface area contributed by atoms with Gasteiger partial charge in [0, 0.05) is 36.4 Å². The van der Waals surface area contributed by atoms with Gasteiger partial charge in [-0.2, -0.15) is 0 Å². The SMILES string of the molecule is Cc1noc(C)c1COc1cccc(C(=O)N2CCC[C@@H](Cc3cccc4cnccc34)CC2)c1. The molecule has 5 rings (SSSR count). The molecule has 1 fully saturated rings. The van der Waals surface area contributed by atoms with Gasteiger partial charge in [-0.3, -0.25) is 9.78 Å². The zero-order chi connectivity index (χ0) is 24.2. The quantitative estimate of drug-likeness (QED) is 0.351. The van der Waals surface area contributed by atoms with E-state index in [1.165, 1.54) is 16.3 Å². The van der Waals surface area contributed by atoms with Gasteiger partial charge in [-0.1, -0.05) is 29.4 Å². The first-order valence-electron chi connectivity index (χ1n) is 12.3. The van der Waals surface area contributed by atoms with E-state index < -0.39 is 0 Å². The number of ether oxygens (including phenoxy) is 1. The fourth-order valence-electron chi connectivity index (χ4n) is 5.02. The number of carbonyl (C=O) groups excluding carboxylic acids is 1. The minimum absolute atomic E-state index is 0.0738. The van der Waals surface area contributed by atoms with Gasteiger partial charge in [-0.15, -0.1) is 0 Å². The van der Waals surface area contributed by atoms with E-state index in [2.05, 4.69) is 34.4 Å². The summed E-state index contributed by atoms with van der Waals surface area (Å²) in [4.78, 5) is 19.6. The molecule has 0 aliphatic carbocycles. The third-order valence-electron chi connectivity index (χ3n) is 7.06. The first kappa shape index (κ1) is 23.1. The van der Waals surface area contributed by atoms with Crippen molar-refractivity contribution in [1.29, 1.82) is 0 Å². The van der Waals surface area contributed by atoms with Crippen molar-refractivity contribution in [3.63, 3.8) is 0 Å². The molecular weight excluding hydrogens is 438 g/mol. The lowest BCUT2D eigenvalue weighted by Gasteiger charge is -2.21. The number of pyridine rings is 1. The average molecular weight is 470 g/mol. The molecule has 1 saturated heterocycles. The number of aryl methyl sites for hydroxylation is 2. The van der Waals surface area contributed by atoms with Gasteiger partial charge in [-0.05, 0) is 80.7 Å². The fourth-order valence-corrected chi connectivity index (χ4v) is 5.02. The van der Waals surface area contributed by atoms with Crippen molar-refractivity contribution in [3.05, 3.63) is 89.1 Å². The molecule has 0 unspecified atom stereocenters. The summed E-state index contributed by atoms with van der Waals surface area (Å²) >= 11 is 0. The second-order valence-electron chi connectivity index (χ2n) is 9.43. The molecule has 0 radical (unpaired) electrons. The van der Waals surface area contributed by atoms with Crippen LogP contribution in [0.1, 0.15) is 52.2 Å². The van der Waals surface area contributed by atoms with Crippen molar-refractivity contribution < 1.29 is 14.1 Å². The number of rotatable bonds is 6. The monoisotopic (exact) mass is 469 g/mol. The lowest BCUT2D eigenvalue weighted by atomic mass is 9.90. The van der Waals surface area contributed by atoms with Gasteiger partial charge in [0.1, 0.15) is 18.1 Å². The summed E-state index contributed by atoms with van der Waals surface area (Å²) in [6, 6.07) is 16.0. The first-order valence-corrected chi connectivity index (χ1v) is 12.3. The molecule has 1 aliphatic rings. The van der Waals surface area contributed by atoms with Crippen LogP contribution < -0.4 is 4.74 Å². The molecule has 6 nitrogen and oxygen atoms in total. The van der Waals surface area contributed by atoms with Crippen LogP contribution in [0.5, 0.6) is 5.75 Å². The minimum atomic E-state index is 0.0738. The number of nitrogens with zero attached hydrogens (tertiary/aromatic N) is 3. The molecule has 1 atom stereocenters. The Balaban J connectivity index is 1.22. The van der Waals surface area contributed by atoms with Crippen LogP contribution in [0.25, 0.3) is 10.8 Å². The smallest absolute Gasteiger partial charge is 0.253 e. The van der Waals surface area contributed by atoms with Crippen LogP contribution in [0.15, 0.2) is 65.4 Å². The Labute approximate surface area is 205 Å². The molecule has 180 valence electrons.